The van der Waals surface area contributed by atoms with Gasteiger partial charge in [0, 0.05) is 41.7 Å². The Morgan fingerprint density at radius 3 is 2.62 bits per heavy atom. The van der Waals surface area contributed by atoms with Gasteiger partial charge in [0.2, 0.25) is 0 Å². The van der Waals surface area contributed by atoms with Crippen molar-refractivity contribution < 1.29 is 14.3 Å². The van der Waals surface area contributed by atoms with E-state index in [0.29, 0.717) is 24.4 Å². The Labute approximate surface area is 228 Å². The molecule has 5 rings (SSSR count). The van der Waals surface area contributed by atoms with Crippen molar-refractivity contribution in [1.29, 1.82) is 5.26 Å². The molecule has 9 heteroatoms. The third-order valence-corrected chi connectivity index (χ3v) is 7.11. The standard InChI is InChI=1S/C30H34N6O3/c1-20-26(18-33-36(20)24-11-14-34(15-12-24)29(37)39-30(3,4)5)23-16-28(27-10-13-32-35(27)19-23)38-21(2)25-9-7-6-8-22(25)17-31/h6-10,13,16,18-19,21,24H,11-12,14-15H2,1-5H3. The molecule has 9 nitrogen and oxygen atoms in total. The molecule has 4 aromatic rings. The van der Waals surface area contributed by atoms with Gasteiger partial charge >= 0.3 is 6.09 Å². The van der Waals surface area contributed by atoms with Gasteiger partial charge in [0.05, 0.1) is 30.1 Å². The molecule has 0 aliphatic carbocycles. The summed E-state index contributed by atoms with van der Waals surface area (Å²) in [4.78, 5) is 14.3. The van der Waals surface area contributed by atoms with Gasteiger partial charge in [-0.1, -0.05) is 18.2 Å². The fourth-order valence-corrected chi connectivity index (χ4v) is 5.14. The lowest BCUT2D eigenvalue weighted by Gasteiger charge is -2.33. The number of hydrogen-bond acceptors (Lipinski definition) is 6. The lowest BCUT2D eigenvalue weighted by atomic mass is 10.0. The SMILES string of the molecule is Cc1c(-c2cc(OC(C)c3ccccc3C#N)c3ccnn3c2)cnn1C1CCN(C(=O)OC(C)(C)C)CC1. The molecule has 3 aromatic heterocycles. The van der Waals surface area contributed by atoms with Gasteiger partial charge in [0.1, 0.15) is 23.0 Å². The molecular weight excluding hydrogens is 492 g/mol. The minimum atomic E-state index is -0.503. The van der Waals surface area contributed by atoms with Crippen LogP contribution in [-0.4, -0.2) is 49.1 Å². The van der Waals surface area contributed by atoms with E-state index in [1.54, 1.807) is 17.2 Å². The van der Waals surface area contributed by atoms with E-state index in [9.17, 15) is 10.1 Å². The number of carbonyl (C=O) groups excluding carboxylic acids is 1. The van der Waals surface area contributed by atoms with Crippen molar-refractivity contribution in [3.8, 4) is 22.9 Å². The van der Waals surface area contributed by atoms with Crippen LogP contribution in [0, 0.1) is 18.3 Å². The number of fused-ring (bicyclic) bond motifs is 1. The van der Waals surface area contributed by atoms with Crippen LogP contribution in [0.15, 0.2) is 55.0 Å². The number of ether oxygens (including phenoxy) is 2. The second kappa shape index (κ2) is 10.4. The summed E-state index contributed by atoms with van der Waals surface area (Å²) in [5.41, 5.74) is 4.76. The van der Waals surface area contributed by atoms with Crippen molar-refractivity contribution in [1.82, 2.24) is 24.3 Å². The molecule has 1 aliphatic heterocycles. The molecule has 39 heavy (non-hydrogen) atoms. The Bertz CT molecular complexity index is 1530. The van der Waals surface area contributed by atoms with Crippen molar-refractivity contribution >= 4 is 11.6 Å². The second-order valence-corrected chi connectivity index (χ2v) is 11.0. The maximum absolute atomic E-state index is 12.5. The van der Waals surface area contributed by atoms with Crippen LogP contribution >= 0.6 is 0 Å². The highest BCUT2D eigenvalue weighted by atomic mass is 16.6. The Morgan fingerprint density at radius 2 is 1.90 bits per heavy atom. The number of benzene rings is 1. The molecular formula is C30H34N6O3. The minimum absolute atomic E-state index is 0.198. The predicted molar refractivity (Wildman–Crippen MR) is 147 cm³/mol. The zero-order valence-corrected chi connectivity index (χ0v) is 23.1. The first-order valence-corrected chi connectivity index (χ1v) is 13.3. The van der Waals surface area contributed by atoms with E-state index < -0.39 is 5.60 Å². The van der Waals surface area contributed by atoms with Crippen molar-refractivity contribution in [2.45, 2.75) is 65.2 Å². The molecule has 1 amide bonds. The lowest BCUT2D eigenvalue weighted by Crippen LogP contribution is -2.42. The van der Waals surface area contributed by atoms with Crippen LogP contribution in [-0.2, 0) is 4.74 Å². The summed E-state index contributed by atoms with van der Waals surface area (Å²) in [7, 11) is 0. The predicted octanol–water partition coefficient (Wildman–Crippen LogP) is 6.09. The average molecular weight is 527 g/mol. The van der Waals surface area contributed by atoms with Crippen LogP contribution in [0.2, 0.25) is 0 Å². The van der Waals surface area contributed by atoms with Crippen LogP contribution in [0.25, 0.3) is 16.6 Å². The zero-order valence-electron chi connectivity index (χ0n) is 23.1. The Balaban J connectivity index is 1.37. The quantitative estimate of drug-likeness (QED) is 0.312. The molecule has 0 radical (unpaired) electrons. The molecule has 4 heterocycles. The number of hydrogen-bond donors (Lipinski definition) is 0. The van der Waals surface area contributed by atoms with E-state index >= 15 is 0 Å². The normalized spacial score (nSPS) is 15.2. The molecule has 0 saturated carbocycles. The highest BCUT2D eigenvalue weighted by Gasteiger charge is 2.29. The van der Waals surface area contributed by atoms with Gasteiger partial charge in [-0.25, -0.2) is 9.31 Å². The maximum atomic E-state index is 12.5. The van der Waals surface area contributed by atoms with Gasteiger partial charge < -0.3 is 14.4 Å². The van der Waals surface area contributed by atoms with Crippen LogP contribution in [0.5, 0.6) is 5.75 Å². The van der Waals surface area contributed by atoms with E-state index in [-0.39, 0.29) is 18.2 Å². The topological polar surface area (TPSA) is 97.7 Å². The van der Waals surface area contributed by atoms with E-state index in [4.69, 9.17) is 14.6 Å². The summed E-state index contributed by atoms with van der Waals surface area (Å²) in [6.07, 6.45) is 6.65. The van der Waals surface area contributed by atoms with Crippen molar-refractivity contribution in [2.24, 2.45) is 0 Å². The number of nitriles is 1. The number of pyridine rings is 1. The van der Waals surface area contributed by atoms with Gasteiger partial charge in [-0.3, -0.25) is 4.68 Å². The zero-order chi connectivity index (χ0) is 27.7. The molecule has 1 unspecified atom stereocenters. The lowest BCUT2D eigenvalue weighted by molar-refractivity contribution is 0.0184. The first-order chi connectivity index (χ1) is 18.6. The van der Waals surface area contributed by atoms with Gasteiger partial charge in [0.15, 0.2) is 0 Å². The summed E-state index contributed by atoms with van der Waals surface area (Å²) >= 11 is 0. The number of nitrogens with zero attached hydrogens (tertiary/aromatic N) is 6. The highest BCUT2D eigenvalue weighted by Crippen LogP contribution is 2.34. The van der Waals surface area contributed by atoms with Gasteiger partial charge in [-0.15, -0.1) is 0 Å². The summed E-state index contributed by atoms with van der Waals surface area (Å²) in [6.45, 7) is 10.9. The van der Waals surface area contributed by atoms with E-state index in [1.807, 2.05) is 74.9 Å². The van der Waals surface area contributed by atoms with E-state index in [0.717, 1.165) is 40.7 Å². The second-order valence-electron chi connectivity index (χ2n) is 11.0. The summed E-state index contributed by atoms with van der Waals surface area (Å²) < 4.78 is 15.8. The van der Waals surface area contributed by atoms with Crippen LogP contribution in [0.1, 0.15) is 69.5 Å². The summed E-state index contributed by atoms with van der Waals surface area (Å²) in [5.74, 6) is 0.683. The van der Waals surface area contributed by atoms with Crippen LogP contribution in [0.4, 0.5) is 4.79 Å². The molecule has 1 atom stereocenters. The van der Waals surface area contributed by atoms with E-state index in [2.05, 4.69) is 22.8 Å². The monoisotopic (exact) mass is 526 g/mol. The molecule has 1 aliphatic rings. The Kier molecular flexibility index (Phi) is 7.04. The number of amides is 1. The average Bonchev–Trinajstić information content (AvgIpc) is 3.54. The number of aromatic nitrogens is 4. The van der Waals surface area contributed by atoms with Crippen molar-refractivity contribution in [2.75, 3.05) is 13.1 Å². The van der Waals surface area contributed by atoms with Gasteiger partial charge in [0.25, 0.3) is 0 Å². The summed E-state index contributed by atoms with van der Waals surface area (Å²) in [6, 6.07) is 13.9. The fourth-order valence-electron chi connectivity index (χ4n) is 5.14. The molecule has 1 saturated heterocycles. The first-order valence-electron chi connectivity index (χ1n) is 13.3. The molecule has 202 valence electrons. The molecule has 0 spiro atoms. The highest BCUT2D eigenvalue weighted by molar-refractivity contribution is 5.72. The van der Waals surface area contributed by atoms with Crippen molar-refractivity contribution in [3.05, 3.63) is 71.8 Å². The Morgan fingerprint density at radius 1 is 1.15 bits per heavy atom. The molecule has 1 aromatic carbocycles. The van der Waals surface area contributed by atoms with Crippen molar-refractivity contribution in [3.63, 3.8) is 0 Å². The van der Waals surface area contributed by atoms with Gasteiger partial charge in [-0.05, 0) is 65.7 Å². The number of piperidine rings is 1. The fraction of sp³-hybridized carbons (Fsp3) is 0.400. The maximum Gasteiger partial charge on any atom is 0.410 e. The number of rotatable bonds is 5. The third kappa shape index (κ3) is 5.46. The Hall–Kier alpha value is -4.32. The first kappa shape index (κ1) is 26.3. The summed E-state index contributed by atoms with van der Waals surface area (Å²) in [5, 5.41) is 18.7. The molecule has 0 bridgehead atoms. The van der Waals surface area contributed by atoms with E-state index in [1.165, 1.54) is 0 Å². The number of carbonyl (C=O) groups is 1. The van der Waals surface area contributed by atoms with Gasteiger partial charge in [-0.2, -0.15) is 15.5 Å². The van der Waals surface area contributed by atoms with Crippen LogP contribution in [0.3, 0.4) is 0 Å². The van der Waals surface area contributed by atoms with Crippen LogP contribution < -0.4 is 4.74 Å². The number of likely N-dealkylation sites (tertiary alicyclic amines) is 1. The minimum Gasteiger partial charge on any atom is -0.484 e. The third-order valence-electron chi connectivity index (χ3n) is 7.11. The largest absolute Gasteiger partial charge is 0.484 e. The smallest absolute Gasteiger partial charge is 0.410 e. The molecule has 1 fully saturated rings. The molecule has 0 N–H and O–H groups in total.